The number of nitrogens with zero attached hydrogens (tertiary/aromatic N) is 3. The van der Waals surface area contributed by atoms with Gasteiger partial charge in [0.15, 0.2) is 5.96 Å². The Morgan fingerprint density at radius 3 is 2.53 bits per heavy atom. The van der Waals surface area contributed by atoms with Crippen LogP contribution in [0.2, 0.25) is 0 Å². The van der Waals surface area contributed by atoms with Crippen molar-refractivity contribution in [2.75, 3.05) is 53.0 Å². The number of hydrogen-bond acceptors (Lipinski definition) is 4. The summed E-state index contributed by atoms with van der Waals surface area (Å²) in [6.45, 7) is 14.9. The van der Waals surface area contributed by atoms with Gasteiger partial charge in [0.1, 0.15) is 0 Å². The molecule has 6 heteroatoms. The van der Waals surface area contributed by atoms with Gasteiger partial charge in [-0.05, 0) is 50.4 Å². The first-order chi connectivity index (χ1) is 14.7. The maximum atomic E-state index is 5.99. The molecular formula is C24H42N4O2. The fourth-order valence-electron chi connectivity index (χ4n) is 3.81. The molecule has 0 spiro atoms. The van der Waals surface area contributed by atoms with Gasteiger partial charge in [-0.3, -0.25) is 4.90 Å². The summed E-state index contributed by atoms with van der Waals surface area (Å²) >= 11 is 0. The molecule has 1 aromatic rings. The molecular weight excluding hydrogens is 376 g/mol. The molecule has 0 aliphatic carbocycles. The van der Waals surface area contributed by atoms with Gasteiger partial charge in [0, 0.05) is 46.5 Å². The molecule has 0 aromatic heterocycles. The fourth-order valence-corrected chi connectivity index (χ4v) is 3.81. The van der Waals surface area contributed by atoms with Crippen LogP contribution in [0.25, 0.3) is 0 Å². The van der Waals surface area contributed by atoms with Crippen LogP contribution in [0.1, 0.15) is 51.2 Å². The van der Waals surface area contributed by atoms with E-state index in [0.29, 0.717) is 12.6 Å². The van der Waals surface area contributed by atoms with Gasteiger partial charge < -0.3 is 19.7 Å². The third kappa shape index (κ3) is 8.62. The van der Waals surface area contributed by atoms with E-state index < -0.39 is 0 Å². The second-order valence-corrected chi connectivity index (χ2v) is 7.86. The average molecular weight is 419 g/mol. The van der Waals surface area contributed by atoms with Crippen molar-refractivity contribution in [3.05, 3.63) is 35.4 Å². The number of nitrogens with one attached hydrogen (secondary N) is 1. The minimum atomic E-state index is 0.359. The predicted molar refractivity (Wildman–Crippen MR) is 125 cm³/mol. The molecule has 2 rings (SSSR count). The van der Waals surface area contributed by atoms with E-state index in [1.807, 2.05) is 0 Å². The van der Waals surface area contributed by atoms with Crippen LogP contribution in [0.3, 0.4) is 0 Å². The predicted octanol–water partition coefficient (Wildman–Crippen LogP) is 3.51. The molecule has 0 saturated carbocycles. The fraction of sp³-hybridized carbons (Fsp3) is 0.708. The van der Waals surface area contributed by atoms with Gasteiger partial charge in [0.05, 0.1) is 12.6 Å². The van der Waals surface area contributed by atoms with Crippen LogP contribution in [0, 0.1) is 0 Å². The van der Waals surface area contributed by atoms with E-state index in [9.17, 15) is 0 Å². The standard InChI is InChI=1S/C24H42N4O2/c1-5-25-24(28-14-12-23(13-15-28)30-17-9-16-29-4)26-19-21-10-8-11-22(18-21)20-27(6-2)7-3/h8,10-11,18,23H,5-7,9,12-17,19-20H2,1-4H3,(H,25,26). The van der Waals surface area contributed by atoms with Crippen LogP contribution in [-0.2, 0) is 22.6 Å². The summed E-state index contributed by atoms with van der Waals surface area (Å²) in [5.41, 5.74) is 2.63. The van der Waals surface area contributed by atoms with Crippen LogP contribution >= 0.6 is 0 Å². The van der Waals surface area contributed by atoms with Crippen LogP contribution in [0.4, 0.5) is 0 Å². The van der Waals surface area contributed by atoms with Crippen molar-refractivity contribution in [1.29, 1.82) is 0 Å². The number of ether oxygens (including phenoxy) is 2. The summed E-state index contributed by atoms with van der Waals surface area (Å²) in [7, 11) is 1.74. The quantitative estimate of drug-likeness (QED) is 0.320. The smallest absolute Gasteiger partial charge is 0.194 e. The zero-order valence-electron chi connectivity index (χ0n) is 19.5. The first kappa shape index (κ1) is 24.6. The molecule has 0 amide bonds. The third-order valence-electron chi connectivity index (χ3n) is 5.63. The Morgan fingerprint density at radius 2 is 1.87 bits per heavy atom. The SMILES string of the molecule is CCNC(=NCc1cccc(CN(CC)CC)c1)N1CCC(OCCCOC)CC1. The molecule has 1 saturated heterocycles. The lowest BCUT2D eigenvalue weighted by molar-refractivity contribution is 0.00990. The molecule has 0 bridgehead atoms. The van der Waals surface area contributed by atoms with Crippen molar-refractivity contribution in [3.8, 4) is 0 Å². The van der Waals surface area contributed by atoms with Gasteiger partial charge in [-0.1, -0.05) is 38.1 Å². The Bertz CT molecular complexity index is 611. The summed E-state index contributed by atoms with van der Waals surface area (Å²) < 4.78 is 11.1. The monoisotopic (exact) mass is 418 g/mol. The average Bonchev–Trinajstić information content (AvgIpc) is 2.78. The van der Waals surface area contributed by atoms with Crippen LogP contribution in [0.15, 0.2) is 29.3 Å². The Labute approximate surface area is 183 Å². The molecule has 30 heavy (non-hydrogen) atoms. The Morgan fingerprint density at radius 1 is 1.13 bits per heavy atom. The van der Waals surface area contributed by atoms with E-state index in [2.05, 4.69) is 60.2 Å². The maximum absolute atomic E-state index is 5.99. The molecule has 170 valence electrons. The molecule has 0 unspecified atom stereocenters. The van der Waals surface area contributed by atoms with Crippen molar-refractivity contribution in [1.82, 2.24) is 15.1 Å². The molecule has 6 nitrogen and oxygen atoms in total. The van der Waals surface area contributed by atoms with Gasteiger partial charge in [-0.15, -0.1) is 0 Å². The highest BCUT2D eigenvalue weighted by molar-refractivity contribution is 5.80. The Hall–Kier alpha value is -1.63. The zero-order valence-corrected chi connectivity index (χ0v) is 19.5. The molecule has 0 radical (unpaired) electrons. The van der Waals surface area contributed by atoms with Gasteiger partial charge in [0.2, 0.25) is 0 Å². The number of methoxy groups -OCH3 is 1. The van der Waals surface area contributed by atoms with Crippen molar-refractivity contribution >= 4 is 5.96 Å². The molecule has 1 fully saturated rings. The van der Waals surface area contributed by atoms with Gasteiger partial charge in [-0.25, -0.2) is 4.99 Å². The van der Waals surface area contributed by atoms with Gasteiger partial charge in [0.25, 0.3) is 0 Å². The molecule has 1 heterocycles. The molecule has 1 aromatic carbocycles. The second kappa shape index (κ2) is 14.4. The Balaban J connectivity index is 1.89. The van der Waals surface area contributed by atoms with Gasteiger partial charge >= 0.3 is 0 Å². The topological polar surface area (TPSA) is 49.3 Å². The van der Waals surface area contributed by atoms with E-state index in [4.69, 9.17) is 14.5 Å². The van der Waals surface area contributed by atoms with Crippen LogP contribution in [0.5, 0.6) is 0 Å². The minimum absolute atomic E-state index is 0.359. The largest absolute Gasteiger partial charge is 0.385 e. The van der Waals surface area contributed by atoms with E-state index >= 15 is 0 Å². The lowest BCUT2D eigenvalue weighted by Crippen LogP contribution is -2.47. The lowest BCUT2D eigenvalue weighted by Gasteiger charge is -2.34. The highest BCUT2D eigenvalue weighted by Gasteiger charge is 2.21. The summed E-state index contributed by atoms with van der Waals surface area (Å²) in [4.78, 5) is 9.75. The summed E-state index contributed by atoms with van der Waals surface area (Å²) in [6.07, 6.45) is 3.43. The number of benzene rings is 1. The van der Waals surface area contributed by atoms with E-state index in [1.165, 1.54) is 11.1 Å². The summed E-state index contributed by atoms with van der Waals surface area (Å²) in [6, 6.07) is 8.85. The van der Waals surface area contributed by atoms with E-state index in [1.54, 1.807) is 7.11 Å². The van der Waals surface area contributed by atoms with Crippen LogP contribution in [-0.4, -0.2) is 74.9 Å². The molecule has 1 aliphatic heterocycles. The second-order valence-electron chi connectivity index (χ2n) is 7.86. The molecule has 1 N–H and O–H groups in total. The van der Waals surface area contributed by atoms with E-state index in [-0.39, 0.29) is 0 Å². The highest BCUT2D eigenvalue weighted by atomic mass is 16.5. The number of piperidine rings is 1. The number of hydrogen-bond donors (Lipinski definition) is 1. The molecule has 1 aliphatic rings. The van der Waals surface area contributed by atoms with Gasteiger partial charge in [-0.2, -0.15) is 0 Å². The maximum Gasteiger partial charge on any atom is 0.194 e. The Kier molecular flexibility index (Phi) is 11.8. The zero-order chi connectivity index (χ0) is 21.6. The number of guanidine groups is 1. The van der Waals surface area contributed by atoms with Crippen molar-refractivity contribution in [3.63, 3.8) is 0 Å². The van der Waals surface area contributed by atoms with Crippen LogP contribution < -0.4 is 5.32 Å². The summed E-state index contributed by atoms with van der Waals surface area (Å²) in [5.74, 6) is 1.02. The first-order valence-corrected chi connectivity index (χ1v) is 11.6. The minimum Gasteiger partial charge on any atom is -0.385 e. The van der Waals surface area contributed by atoms with Crippen molar-refractivity contribution in [2.45, 2.75) is 59.2 Å². The lowest BCUT2D eigenvalue weighted by atomic mass is 10.1. The van der Waals surface area contributed by atoms with Crippen molar-refractivity contribution < 1.29 is 9.47 Å². The first-order valence-electron chi connectivity index (χ1n) is 11.6. The molecule has 0 atom stereocenters. The summed E-state index contributed by atoms with van der Waals surface area (Å²) in [5, 5.41) is 3.47. The third-order valence-corrected chi connectivity index (χ3v) is 5.63. The highest BCUT2D eigenvalue weighted by Crippen LogP contribution is 2.15. The number of rotatable bonds is 12. The number of aliphatic imine (C=N–C) groups is 1. The van der Waals surface area contributed by atoms with Crippen molar-refractivity contribution in [2.24, 2.45) is 4.99 Å². The van der Waals surface area contributed by atoms with E-state index in [0.717, 1.165) is 77.7 Å². The number of likely N-dealkylation sites (tertiary alicyclic amines) is 1. The normalized spacial score (nSPS) is 15.8.